The maximum atomic E-state index is 6.07. The van der Waals surface area contributed by atoms with Crippen LogP contribution in [0, 0.1) is 0 Å². The number of halogens is 1. The number of rotatable bonds is 5. The highest BCUT2D eigenvalue weighted by Gasteiger charge is 2.29. The zero-order valence-electron chi connectivity index (χ0n) is 13.8. The molecule has 5 heteroatoms. The van der Waals surface area contributed by atoms with E-state index in [4.69, 9.17) is 10.5 Å². The molecule has 0 bridgehead atoms. The smallest absolute Gasteiger partial charge is 0.193 e. The third-order valence-electron chi connectivity index (χ3n) is 4.14. The van der Waals surface area contributed by atoms with Crippen molar-refractivity contribution < 1.29 is 4.74 Å². The van der Waals surface area contributed by atoms with Gasteiger partial charge in [0.05, 0.1) is 12.1 Å². The van der Waals surface area contributed by atoms with Gasteiger partial charge in [-0.2, -0.15) is 0 Å². The molecule has 124 valence electrons. The Morgan fingerprint density at radius 1 is 1.32 bits per heavy atom. The highest BCUT2D eigenvalue weighted by molar-refractivity contribution is 14.0. The molecule has 1 aromatic rings. The Balaban J connectivity index is 0.00000242. The van der Waals surface area contributed by atoms with E-state index in [0.29, 0.717) is 12.5 Å². The molecule has 1 aliphatic heterocycles. The average Bonchev–Trinajstić information content (AvgIpc) is 2.93. The van der Waals surface area contributed by atoms with Gasteiger partial charge < -0.3 is 15.8 Å². The van der Waals surface area contributed by atoms with Gasteiger partial charge in [-0.25, -0.2) is 0 Å². The van der Waals surface area contributed by atoms with Crippen LogP contribution in [0.5, 0.6) is 0 Å². The summed E-state index contributed by atoms with van der Waals surface area (Å²) in [7, 11) is 0. The number of aryl methyl sites for hydroxylation is 2. The third kappa shape index (κ3) is 4.84. The van der Waals surface area contributed by atoms with Gasteiger partial charge in [-0.15, -0.1) is 24.0 Å². The number of hydrogen-bond donors (Lipinski definition) is 2. The molecule has 2 rings (SSSR count). The Bertz CT molecular complexity index is 488. The summed E-state index contributed by atoms with van der Waals surface area (Å²) in [4.78, 5) is 4.48. The number of benzene rings is 1. The van der Waals surface area contributed by atoms with Gasteiger partial charge in [0, 0.05) is 12.3 Å². The van der Waals surface area contributed by atoms with Gasteiger partial charge in [0.1, 0.15) is 0 Å². The molecule has 1 aromatic carbocycles. The molecule has 0 saturated carbocycles. The van der Waals surface area contributed by atoms with Gasteiger partial charge >= 0.3 is 0 Å². The number of nitrogens with one attached hydrogen (secondary N) is 1. The van der Waals surface area contributed by atoms with Crippen molar-refractivity contribution in [2.75, 3.05) is 18.5 Å². The second kappa shape index (κ2) is 8.72. The minimum atomic E-state index is -0.149. The summed E-state index contributed by atoms with van der Waals surface area (Å²) in [5.74, 6) is 0.474. The Morgan fingerprint density at radius 3 is 2.45 bits per heavy atom. The maximum absolute atomic E-state index is 6.07. The van der Waals surface area contributed by atoms with Gasteiger partial charge in [0.15, 0.2) is 5.96 Å². The molecule has 3 N–H and O–H groups in total. The first-order valence-corrected chi connectivity index (χ1v) is 7.89. The van der Waals surface area contributed by atoms with Crippen LogP contribution in [0.2, 0.25) is 0 Å². The van der Waals surface area contributed by atoms with Crippen LogP contribution in [-0.2, 0) is 17.6 Å². The summed E-state index contributed by atoms with van der Waals surface area (Å²) in [5.41, 5.74) is 9.58. The molecule has 22 heavy (non-hydrogen) atoms. The molecular weight excluding hydrogens is 389 g/mol. The van der Waals surface area contributed by atoms with E-state index in [2.05, 4.69) is 49.3 Å². The van der Waals surface area contributed by atoms with Crippen LogP contribution in [0.1, 0.15) is 44.7 Å². The zero-order valence-corrected chi connectivity index (χ0v) is 16.1. The molecule has 1 aliphatic rings. The molecule has 1 unspecified atom stereocenters. The Labute approximate surface area is 150 Å². The number of guanidine groups is 1. The Morgan fingerprint density at radius 2 is 1.95 bits per heavy atom. The van der Waals surface area contributed by atoms with Crippen molar-refractivity contribution in [3.63, 3.8) is 0 Å². The summed E-state index contributed by atoms with van der Waals surface area (Å²) >= 11 is 0. The van der Waals surface area contributed by atoms with Crippen molar-refractivity contribution in [2.24, 2.45) is 10.7 Å². The largest absolute Gasteiger partial charge is 0.373 e. The fraction of sp³-hybridized carbons (Fsp3) is 0.588. The monoisotopic (exact) mass is 417 g/mol. The lowest BCUT2D eigenvalue weighted by atomic mass is 10.0. The van der Waals surface area contributed by atoms with E-state index in [1.165, 1.54) is 11.1 Å². The number of nitrogens with two attached hydrogens (primary N) is 1. The lowest BCUT2D eigenvalue weighted by molar-refractivity contribution is 0.0284. The number of anilines is 1. The predicted molar refractivity (Wildman–Crippen MR) is 104 cm³/mol. The van der Waals surface area contributed by atoms with Crippen molar-refractivity contribution in [1.82, 2.24) is 0 Å². The van der Waals surface area contributed by atoms with Crippen LogP contribution < -0.4 is 11.1 Å². The van der Waals surface area contributed by atoms with E-state index in [-0.39, 0.29) is 29.6 Å². The summed E-state index contributed by atoms with van der Waals surface area (Å²) in [6, 6.07) is 6.37. The van der Waals surface area contributed by atoms with Gasteiger partial charge in [0.25, 0.3) is 0 Å². The minimum absolute atomic E-state index is 0. The SMILES string of the molecule is CCc1cccc(CC)c1NC(N)=NCC1(C)CCCO1.I. The second-order valence-electron chi connectivity index (χ2n) is 5.89. The Hall–Kier alpha value is -0.820. The summed E-state index contributed by atoms with van der Waals surface area (Å²) < 4.78 is 5.74. The van der Waals surface area contributed by atoms with Gasteiger partial charge in [-0.3, -0.25) is 4.99 Å². The van der Waals surface area contributed by atoms with E-state index in [0.717, 1.165) is 38.0 Å². The van der Waals surface area contributed by atoms with Gasteiger partial charge in [-0.05, 0) is 43.7 Å². The lowest BCUT2D eigenvalue weighted by Gasteiger charge is -2.21. The number of hydrogen-bond acceptors (Lipinski definition) is 2. The molecule has 1 heterocycles. The topological polar surface area (TPSA) is 59.6 Å². The van der Waals surface area contributed by atoms with Crippen LogP contribution in [-0.4, -0.2) is 24.7 Å². The van der Waals surface area contributed by atoms with Crippen molar-refractivity contribution in [3.05, 3.63) is 29.3 Å². The molecule has 0 aromatic heterocycles. The van der Waals surface area contributed by atoms with Gasteiger partial charge in [-0.1, -0.05) is 32.0 Å². The van der Waals surface area contributed by atoms with Crippen LogP contribution in [0.15, 0.2) is 23.2 Å². The van der Waals surface area contributed by atoms with E-state index in [9.17, 15) is 0 Å². The molecule has 1 fully saturated rings. The highest BCUT2D eigenvalue weighted by atomic mass is 127. The van der Waals surface area contributed by atoms with Gasteiger partial charge in [0.2, 0.25) is 0 Å². The van der Waals surface area contributed by atoms with Crippen LogP contribution in [0.25, 0.3) is 0 Å². The summed E-state index contributed by atoms with van der Waals surface area (Å²) in [6.07, 6.45) is 4.11. The van der Waals surface area contributed by atoms with Crippen molar-refractivity contribution >= 4 is 35.6 Å². The van der Waals surface area contributed by atoms with E-state index in [1.807, 2.05) is 0 Å². The quantitative estimate of drug-likeness (QED) is 0.436. The van der Waals surface area contributed by atoms with Crippen LogP contribution >= 0.6 is 24.0 Å². The predicted octanol–water partition coefficient (Wildman–Crippen LogP) is 3.73. The number of nitrogens with zero attached hydrogens (tertiary/aromatic N) is 1. The van der Waals surface area contributed by atoms with E-state index in [1.54, 1.807) is 0 Å². The first kappa shape index (κ1) is 19.2. The maximum Gasteiger partial charge on any atom is 0.193 e. The van der Waals surface area contributed by atoms with E-state index < -0.39 is 0 Å². The van der Waals surface area contributed by atoms with Crippen LogP contribution in [0.4, 0.5) is 5.69 Å². The van der Waals surface area contributed by atoms with E-state index >= 15 is 0 Å². The first-order chi connectivity index (χ1) is 10.1. The average molecular weight is 417 g/mol. The second-order valence-corrected chi connectivity index (χ2v) is 5.89. The number of para-hydroxylation sites is 1. The van der Waals surface area contributed by atoms with Crippen molar-refractivity contribution in [2.45, 2.75) is 52.1 Å². The number of ether oxygens (including phenoxy) is 1. The summed E-state index contributed by atoms with van der Waals surface area (Å²) in [6.45, 7) is 7.86. The molecule has 0 aliphatic carbocycles. The molecule has 0 spiro atoms. The molecule has 0 amide bonds. The van der Waals surface area contributed by atoms with Crippen molar-refractivity contribution in [3.8, 4) is 0 Å². The molecule has 1 saturated heterocycles. The molecule has 1 atom stereocenters. The van der Waals surface area contributed by atoms with Crippen molar-refractivity contribution in [1.29, 1.82) is 0 Å². The molecule has 4 nitrogen and oxygen atoms in total. The number of aliphatic imine (C=N–C) groups is 1. The minimum Gasteiger partial charge on any atom is -0.373 e. The third-order valence-corrected chi connectivity index (χ3v) is 4.14. The first-order valence-electron chi connectivity index (χ1n) is 7.89. The molecular formula is C17H28IN3O. The fourth-order valence-electron chi connectivity index (χ4n) is 2.78. The van der Waals surface area contributed by atoms with Crippen LogP contribution in [0.3, 0.4) is 0 Å². The highest BCUT2D eigenvalue weighted by Crippen LogP contribution is 2.25. The lowest BCUT2D eigenvalue weighted by Crippen LogP contribution is -2.31. The summed E-state index contributed by atoms with van der Waals surface area (Å²) in [5, 5.41) is 3.29. The molecule has 0 radical (unpaired) electrons. The normalized spacial score (nSPS) is 21.5. The Kier molecular flexibility index (Phi) is 7.62. The standard InChI is InChI=1S/C17H27N3O.HI/c1-4-13-8-6-9-14(5-2)15(13)20-16(18)19-12-17(3)10-7-11-21-17;/h6,8-9H,4-5,7,10-12H2,1-3H3,(H3,18,19,20);1H. The fourth-order valence-corrected chi connectivity index (χ4v) is 2.78. The zero-order chi connectivity index (χ0) is 15.3.